The number of ketones is 1. The van der Waals surface area contributed by atoms with Crippen molar-refractivity contribution in [3.05, 3.63) is 47.9 Å². The molecule has 96 valence electrons. The van der Waals surface area contributed by atoms with Crippen LogP contribution in [0.25, 0.3) is 0 Å². The molecule has 1 fully saturated rings. The van der Waals surface area contributed by atoms with Crippen molar-refractivity contribution in [2.75, 3.05) is 13.1 Å². The van der Waals surface area contributed by atoms with Crippen LogP contribution in [0.15, 0.2) is 42.3 Å². The molecule has 0 aliphatic carbocycles. The van der Waals surface area contributed by atoms with Crippen molar-refractivity contribution in [3.8, 4) is 0 Å². The number of hydrogen-bond donors (Lipinski definition) is 0. The monoisotopic (exact) mass is 245 g/mol. The number of carbonyl (C=O) groups excluding carboxylic acids is 1. The Morgan fingerprint density at radius 2 is 1.94 bits per heavy atom. The normalized spacial score (nSPS) is 16.8. The molecule has 1 aliphatic heterocycles. The maximum Gasteiger partial charge on any atom is 0.185 e. The van der Waals surface area contributed by atoms with Crippen molar-refractivity contribution in [2.24, 2.45) is 0 Å². The Morgan fingerprint density at radius 1 is 1.28 bits per heavy atom. The van der Waals surface area contributed by atoms with Gasteiger partial charge in [0, 0.05) is 25.9 Å². The highest BCUT2D eigenvalue weighted by molar-refractivity contribution is 5.79. The van der Waals surface area contributed by atoms with Gasteiger partial charge in [0.25, 0.3) is 0 Å². The van der Waals surface area contributed by atoms with Crippen LogP contribution < -0.4 is 0 Å². The molecule has 18 heavy (non-hydrogen) atoms. The van der Waals surface area contributed by atoms with E-state index in [-0.39, 0.29) is 0 Å². The molecule has 0 atom stereocenters. The lowest BCUT2D eigenvalue weighted by Crippen LogP contribution is -2.34. The Hall–Kier alpha value is -1.77. The molecule has 1 heterocycles. The minimum absolute atomic E-state index is 0.352. The van der Waals surface area contributed by atoms with Crippen molar-refractivity contribution in [1.82, 2.24) is 4.90 Å². The second-order valence-electron chi connectivity index (χ2n) is 4.43. The van der Waals surface area contributed by atoms with Crippen LogP contribution in [0.1, 0.15) is 25.3 Å². The van der Waals surface area contributed by atoms with Gasteiger partial charge in [-0.15, -0.1) is 0 Å². The summed E-state index contributed by atoms with van der Waals surface area (Å²) in [6, 6.07) is 10.1. The number of ether oxygens (including phenoxy) is 1. The van der Waals surface area contributed by atoms with E-state index < -0.39 is 0 Å². The summed E-state index contributed by atoms with van der Waals surface area (Å²) in [5, 5.41) is 0. The largest absolute Gasteiger partial charge is 0.474 e. The van der Waals surface area contributed by atoms with Gasteiger partial charge in [0.05, 0.1) is 0 Å². The van der Waals surface area contributed by atoms with E-state index in [1.807, 2.05) is 43.3 Å². The number of carbonyl (C=O) groups is 1. The SMILES string of the molecule is CC=C(OCc1ccccc1)N1CCC(=O)CC1. The standard InChI is InChI=1S/C15H19NO2/c1-2-15(16-10-8-14(17)9-11-16)18-12-13-6-4-3-5-7-13/h2-7H,8-12H2,1H3. The van der Waals surface area contributed by atoms with E-state index in [0.29, 0.717) is 25.2 Å². The van der Waals surface area contributed by atoms with Crippen LogP contribution >= 0.6 is 0 Å². The predicted octanol–water partition coefficient (Wildman–Crippen LogP) is 2.73. The summed E-state index contributed by atoms with van der Waals surface area (Å²) < 4.78 is 5.83. The Kier molecular flexibility index (Phi) is 4.40. The Labute approximate surface area is 108 Å². The summed E-state index contributed by atoms with van der Waals surface area (Å²) in [4.78, 5) is 13.4. The molecular formula is C15H19NO2. The minimum atomic E-state index is 0.352. The fraction of sp³-hybridized carbons (Fsp3) is 0.400. The molecule has 0 aromatic heterocycles. The van der Waals surface area contributed by atoms with E-state index in [1.54, 1.807) is 0 Å². The third kappa shape index (κ3) is 3.36. The summed E-state index contributed by atoms with van der Waals surface area (Å²) in [6.45, 7) is 4.09. The van der Waals surface area contributed by atoms with Crippen molar-refractivity contribution in [2.45, 2.75) is 26.4 Å². The second-order valence-corrected chi connectivity index (χ2v) is 4.43. The molecule has 0 unspecified atom stereocenters. The fourth-order valence-corrected chi connectivity index (χ4v) is 2.07. The molecule has 0 N–H and O–H groups in total. The quantitative estimate of drug-likeness (QED) is 0.764. The van der Waals surface area contributed by atoms with E-state index >= 15 is 0 Å². The zero-order valence-electron chi connectivity index (χ0n) is 10.8. The molecule has 3 heteroatoms. The molecule has 1 aromatic rings. The lowest BCUT2D eigenvalue weighted by Gasteiger charge is -2.29. The van der Waals surface area contributed by atoms with Crippen LogP contribution in [0.5, 0.6) is 0 Å². The van der Waals surface area contributed by atoms with Crippen molar-refractivity contribution in [1.29, 1.82) is 0 Å². The Bertz CT molecular complexity index is 415. The summed E-state index contributed by atoms with van der Waals surface area (Å²) >= 11 is 0. The van der Waals surface area contributed by atoms with Gasteiger partial charge in [-0.3, -0.25) is 4.79 Å². The predicted molar refractivity (Wildman–Crippen MR) is 70.8 cm³/mol. The maximum atomic E-state index is 11.2. The number of hydrogen-bond acceptors (Lipinski definition) is 3. The highest BCUT2D eigenvalue weighted by atomic mass is 16.5. The van der Waals surface area contributed by atoms with Gasteiger partial charge < -0.3 is 9.64 Å². The van der Waals surface area contributed by atoms with Gasteiger partial charge >= 0.3 is 0 Å². The highest BCUT2D eigenvalue weighted by Crippen LogP contribution is 2.15. The summed E-state index contributed by atoms with van der Waals surface area (Å²) in [6.07, 6.45) is 3.23. The van der Waals surface area contributed by atoms with Gasteiger partial charge in [-0.2, -0.15) is 0 Å². The molecule has 0 radical (unpaired) electrons. The summed E-state index contributed by atoms with van der Waals surface area (Å²) in [5.74, 6) is 1.23. The second kappa shape index (κ2) is 6.24. The van der Waals surface area contributed by atoms with E-state index in [9.17, 15) is 4.79 Å². The number of benzene rings is 1. The lowest BCUT2D eigenvalue weighted by atomic mass is 10.1. The topological polar surface area (TPSA) is 29.5 Å². The third-order valence-corrected chi connectivity index (χ3v) is 3.11. The number of Topliss-reactive ketones (excluding diaryl/α,β-unsaturated/α-hetero) is 1. The fourth-order valence-electron chi connectivity index (χ4n) is 2.07. The van der Waals surface area contributed by atoms with E-state index in [2.05, 4.69) is 4.90 Å². The first kappa shape index (κ1) is 12.7. The molecule has 1 aliphatic rings. The van der Waals surface area contributed by atoms with Crippen LogP contribution in [0.4, 0.5) is 0 Å². The first-order chi connectivity index (χ1) is 8.79. The van der Waals surface area contributed by atoms with E-state index in [0.717, 1.165) is 24.5 Å². The Morgan fingerprint density at radius 3 is 2.56 bits per heavy atom. The average Bonchev–Trinajstić information content (AvgIpc) is 2.42. The van der Waals surface area contributed by atoms with Gasteiger partial charge in [0.15, 0.2) is 5.88 Å². The number of rotatable bonds is 4. The van der Waals surface area contributed by atoms with Crippen LogP contribution in [0.3, 0.4) is 0 Å². The van der Waals surface area contributed by atoms with Gasteiger partial charge in [0.2, 0.25) is 0 Å². The van der Waals surface area contributed by atoms with Gasteiger partial charge in [-0.05, 0) is 18.6 Å². The van der Waals surface area contributed by atoms with Crippen LogP contribution in [0, 0.1) is 0 Å². The smallest absolute Gasteiger partial charge is 0.185 e. The van der Waals surface area contributed by atoms with Crippen molar-refractivity contribution >= 4 is 5.78 Å². The summed E-state index contributed by atoms with van der Waals surface area (Å²) in [5.41, 5.74) is 1.16. The van der Waals surface area contributed by atoms with Gasteiger partial charge in [-0.25, -0.2) is 0 Å². The van der Waals surface area contributed by atoms with Crippen molar-refractivity contribution < 1.29 is 9.53 Å². The molecular weight excluding hydrogens is 226 g/mol. The minimum Gasteiger partial charge on any atom is -0.474 e. The molecule has 0 amide bonds. The number of piperidine rings is 1. The third-order valence-electron chi connectivity index (χ3n) is 3.11. The number of nitrogens with zero attached hydrogens (tertiary/aromatic N) is 1. The van der Waals surface area contributed by atoms with Gasteiger partial charge in [0.1, 0.15) is 12.4 Å². The number of likely N-dealkylation sites (tertiary alicyclic amines) is 1. The van der Waals surface area contributed by atoms with Gasteiger partial charge in [-0.1, -0.05) is 30.3 Å². The van der Waals surface area contributed by atoms with E-state index in [1.165, 1.54) is 0 Å². The molecule has 0 spiro atoms. The molecule has 0 bridgehead atoms. The lowest BCUT2D eigenvalue weighted by molar-refractivity contribution is -0.121. The highest BCUT2D eigenvalue weighted by Gasteiger charge is 2.18. The first-order valence-corrected chi connectivity index (χ1v) is 6.39. The van der Waals surface area contributed by atoms with Crippen LogP contribution in [0.2, 0.25) is 0 Å². The molecule has 0 saturated carbocycles. The molecule has 3 nitrogen and oxygen atoms in total. The Balaban J connectivity index is 1.88. The van der Waals surface area contributed by atoms with Crippen molar-refractivity contribution in [3.63, 3.8) is 0 Å². The summed E-state index contributed by atoms with van der Waals surface area (Å²) in [7, 11) is 0. The maximum absolute atomic E-state index is 11.2. The molecule has 2 rings (SSSR count). The molecule has 1 saturated heterocycles. The zero-order valence-corrected chi connectivity index (χ0v) is 10.8. The number of allylic oxidation sites excluding steroid dienone is 1. The molecule has 1 aromatic carbocycles. The van der Waals surface area contributed by atoms with Crippen LogP contribution in [-0.4, -0.2) is 23.8 Å². The first-order valence-electron chi connectivity index (χ1n) is 6.39. The van der Waals surface area contributed by atoms with Crippen LogP contribution in [-0.2, 0) is 16.1 Å². The average molecular weight is 245 g/mol. The zero-order chi connectivity index (χ0) is 12.8. The van der Waals surface area contributed by atoms with E-state index in [4.69, 9.17) is 4.74 Å².